The Kier molecular flexibility index (Phi) is 4.90. The first-order valence-electron chi connectivity index (χ1n) is 8.90. The average molecular weight is 408 g/mol. The first-order chi connectivity index (χ1) is 14.0. The Labute approximate surface area is 169 Å². The van der Waals surface area contributed by atoms with E-state index in [4.69, 9.17) is 0 Å². The molecule has 0 unspecified atom stereocenters. The Hall–Kier alpha value is -3.45. The number of hydrogen-bond donors (Lipinski definition) is 2. The van der Waals surface area contributed by atoms with Crippen molar-refractivity contribution in [2.24, 2.45) is 0 Å². The van der Waals surface area contributed by atoms with Gasteiger partial charge in [0.05, 0.1) is 16.8 Å². The molecule has 0 aliphatic heterocycles. The number of aromatic nitrogens is 1. The Morgan fingerprint density at radius 3 is 2.66 bits per heavy atom. The largest absolute Gasteiger partial charge is 0.505 e. The van der Waals surface area contributed by atoms with Crippen molar-refractivity contribution < 1.29 is 14.3 Å². The molecule has 0 aliphatic carbocycles. The molecule has 5 nitrogen and oxygen atoms in total. The summed E-state index contributed by atoms with van der Waals surface area (Å²) in [5, 5.41) is 15.0. The van der Waals surface area contributed by atoms with Crippen LogP contribution < -0.4 is 10.9 Å². The predicted molar refractivity (Wildman–Crippen MR) is 112 cm³/mol. The van der Waals surface area contributed by atoms with E-state index < -0.39 is 17.3 Å². The number of nitrogens with one attached hydrogen (secondary N) is 1. The molecule has 0 fully saturated rings. The van der Waals surface area contributed by atoms with Crippen LogP contribution in [0.5, 0.6) is 5.75 Å². The molecule has 2 aromatic carbocycles. The summed E-state index contributed by atoms with van der Waals surface area (Å²) in [7, 11) is 0. The normalized spacial score (nSPS) is 11.0. The minimum absolute atomic E-state index is 0.267. The maximum atomic E-state index is 13.3. The van der Waals surface area contributed by atoms with Crippen LogP contribution in [0.15, 0.2) is 64.8 Å². The summed E-state index contributed by atoms with van der Waals surface area (Å²) in [4.78, 5) is 26.1. The number of aromatic hydroxyl groups is 1. The molecular formula is C22H17FN2O3S. The Morgan fingerprint density at radius 1 is 1.17 bits per heavy atom. The van der Waals surface area contributed by atoms with Gasteiger partial charge in [-0.3, -0.25) is 9.59 Å². The topological polar surface area (TPSA) is 71.3 Å². The van der Waals surface area contributed by atoms with Gasteiger partial charge >= 0.3 is 0 Å². The number of carbonyl (C=O) groups is 1. The highest BCUT2D eigenvalue weighted by Crippen LogP contribution is 2.32. The summed E-state index contributed by atoms with van der Waals surface area (Å²) in [6.07, 6.45) is 0. The zero-order valence-electron chi connectivity index (χ0n) is 15.5. The maximum Gasteiger partial charge on any atom is 0.268 e. The number of amides is 1. The number of carbonyl (C=O) groups excluding carboxylic acids is 1. The fourth-order valence-electron chi connectivity index (χ4n) is 3.23. The van der Waals surface area contributed by atoms with Crippen molar-refractivity contribution in [3.8, 4) is 5.75 Å². The third kappa shape index (κ3) is 3.52. The van der Waals surface area contributed by atoms with Crippen molar-refractivity contribution in [2.45, 2.75) is 13.5 Å². The molecule has 29 heavy (non-hydrogen) atoms. The Bertz CT molecular complexity index is 1280. The zero-order chi connectivity index (χ0) is 20.5. The van der Waals surface area contributed by atoms with Crippen LogP contribution in [-0.4, -0.2) is 15.6 Å². The monoisotopic (exact) mass is 408 g/mol. The fourth-order valence-corrected chi connectivity index (χ4v) is 4.08. The van der Waals surface area contributed by atoms with Gasteiger partial charge in [0.25, 0.3) is 11.5 Å². The van der Waals surface area contributed by atoms with Crippen molar-refractivity contribution >= 4 is 33.1 Å². The fraction of sp³-hybridized carbons (Fsp3) is 0.0909. The molecule has 0 saturated carbocycles. The molecule has 1 amide bonds. The van der Waals surface area contributed by atoms with E-state index >= 15 is 0 Å². The summed E-state index contributed by atoms with van der Waals surface area (Å²) in [6, 6.07) is 15.1. The number of thiophene rings is 1. The summed E-state index contributed by atoms with van der Waals surface area (Å²) in [5.74, 6) is -1.51. The van der Waals surface area contributed by atoms with Crippen LogP contribution in [0.1, 0.15) is 21.5 Å². The summed E-state index contributed by atoms with van der Waals surface area (Å²) in [5.41, 5.74) is 1.43. The highest BCUT2D eigenvalue weighted by Gasteiger charge is 2.23. The van der Waals surface area contributed by atoms with Gasteiger partial charge in [-0.15, -0.1) is 11.3 Å². The molecule has 2 N–H and O–H groups in total. The number of halogens is 1. The first kappa shape index (κ1) is 18.9. The number of nitrogens with zero attached hydrogens (tertiary/aromatic N) is 1. The highest BCUT2D eigenvalue weighted by atomic mass is 32.1. The van der Waals surface area contributed by atoms with Crippen molar-refractivity contribution in [2.75, 3.05) is 5.32 Å². The van der Waals surface area contributed by atoms with Gasteiger partial charge in [0, 0.05) is 5.69 Å². The molecule has 0 radical (unpaired) electrons. The number of benzene rings is 2. The van der Waals surface area contributed by atoms with E-state index in [1.165, 1.54) is 34.1 Å². The van der Waals surface area contributed by atoms with Crippen LogP contribution in [-0.2, 0) is 6.54 Å². The smallest absolute Gasteiger partial charge is 0.268 e. The van der Waals surface area contributed by atoms with E-state index in [9.17, 15) is 19.1 Å². The van der Waals surface area contributed by atoms with Crippen molar-refractivity contribution in [1.82, 2.24) is 4.57 Å². The van der Waals surface area contributed by atoms with E-state index in [1.807, 2.05) is 30.3 Å². The summed E-state index contributed by atoms with van der Waals surface area (Å²) < 4.78 is 15.3. The van der Waals surface area contributed by atoms with Crippen LogP contribution in [0.2, 0.25) is 0 Å². The van der Waals surface area contributed by atoms with Gasteiger partial charge in [0.2, 0.25) is 0 Å². The van der Waals surface area contributed by atoms with Crippen molar-refractivity contribution in [3.63, 3.8) is 0 Å². The second-order valence-corrected chi connectivity index (χ2v) is 7.56. The van der Waals surface area contributed by atoms with E-state index in [2.05, 4.69) is 5.32 Å². The standard InChI is InChI=1S/C22H17FN2O3S/c1-13-11-15(23)7-8-16(13)24-21(27)18-19(26)20-17(9-10-29-20)25(22(18)28)12-14-5-3-2-4-6-14/h2-11,26H,12H2,1H3,(H,24,27). The molecule has 0 spiro atoms. The van der Waals surface area contributed by atoms with Crippen LogP contribution in [0.4, 0.5) is 10.1 Å². The Balaban J connectivity index is 1.81. The highest BCUT2D eigenvalue weighted by molar-refractivity contribution is 7.17. The maximum absolute atomic E-state index is 13.3. The molecule has 0 bridgehead atoms. The van der Waals surface area contributed by atoms with Gasteiger partial charge in [-0.1, -0.05) is 30.3 Å². The summed E-state index contributed by atoms with van der Waals surface area (Å²) >= 11 is 1.25. The first-order valence-corrected chi connectivity index (χ1v) is 9.78. The quantitative estimate of drug-likeness (QED) is 0.522. The van der Waals surface area contributed by atoms with Gasteiger partial charge in [-0.2, -0.15) is 0 Å². The van der Waals surface area contributed by atoms with Crippen LogP contribution in [0.3, 0.4) is 0 Å². The second kappa shape index (κ2) is 7.52. The van der Waals surface area contributed by atoms with Gasteiger partial charge in [0.15, 0.2) is 5.75 Å². The lowest BCUT2D eigenvalue weighted by Gasteiger charge is -2.14. The number of hydrogen-bond acceptors (Lipinski definition) is 4. The SMILES string of the molecule is Cc1cc(F)ccc1NC(=O)c1c(O)c2sccc2n(Cc2ccccc2)c1=O. The minimum atomic E-state index is -0.737. The number of aryl methyl sites for hydroxylation is 1. The number of anilines is 1. The van der Waals surface area contributed by atoms with E-state index in [0.29, 0.717) is 21.5 Å². The van der Waals surface area contributed by atoms with E-state index in [1.54, 1.807) is 18.4 Å². The van der Waals surface area contributed by atoms with Gasteiger partial charge < -0.3 is 15.0 Å². The molecule has 146 valence electrons. The summed E-state index contributed by atoms with van der Waals surface area (Å²) in [6.45, 7) is 1.91. The van der Waals surface area contributed by atoms with E-state index in [0.717, 1.165) is 5.56 Å². The minimum Gasteiger partial charge on any atom is -0.505 e. The molecule has 0 aliphatic rings. The molecule has 2 aromatic heterocycles. The van der Waals surface area contributed by atoms with Gasteiger partial charge in [-0.25, -0.2) is 4.39 Å². The lowest BCUT2D eigenvalue weighted by Crippen LogP contribution is -2.30. The van der Waals surface area contributed by atoms with E-state index in [-0.39, 0.29) is 17.9 Å². The molecular weight excluding hydrogens is 391 g/mol. The molecule has 0 saturated heterocycles. The van der Waals surface area contributed by atoms with Crippen molar-refractivity contribution in [3.05, 3.63) is 92.8 Å². The van der Waals surface area contributed by atoms with Crippen LogP contribution in [0, 0.1) is 12.7 Å². The molecule has 2 heterocycles. The molecule has 7 heteroatoms. The number of pyridine rings is 1. The second-order valence-electron chi connectivity index (χ2n) is 6.65. The lowest BCUT2D eigenvalue weighted by atomic mass is 10.1. The molecule has 4 rings (SSSR count). The predicted octanol–water partition coefficient (Wildman–Crippen LogP) is 4.52. The number of fused-ring (bicyclic) bond motifs is 1. The zero-order valence-corrected chi connectivity index (χ0v) is 16.3. The van der Waals surface area contributed by atoms with Crippen LogP contribution >= 0.6 is 11.3 Å². The third-order valence-electron chi connectivity index (χ3n) is 4.69. The van der Waals surface area contributed by atoms with Gasteiger partial charge in [-0.05, 0) is 47.7 Å². The third-order valence-corrected chi connectivity index (χ3v) is 5.60. The molecule has 4 aromatic rings. The lowest BCUT2D eigenvalue weighted by molar-refractivity contribution is 0.102. The van der Waals surface area contributed by atoms with Gasteiger partial charge in [0.1, 0.15) is 11.4 Å². The average Bonchev–Trinajstić information content (AvgIpc) is 3.18. The molecule has 0 atom stereocenters. The van der Waals surface area contributed by atoms with Crippen molar-refractivity contribution in [1.29, 1.82) is 0 Å². The number of rotatable bonds is 4. The Morgan fingerprint density at radius 2 is 1.93 bits per heavy atom. The van der Waals surface area contributed by atoms with Crippen LogP contribution in [0.25, 0.3) is 10.2 Å².